The highest BCUT2D eigenvalue weighted by Gasteiger charge is 2.54. The Labute approximate surface area is 218 Å². The number of hydrogen-bond donors (Lipinski definition) is 0. The summed E-state index contributed by atoms with van der Waals surface area (Å²) in [6.45, 7) is 32.6. The van der Waals surface area contributed by atoms with E-state index in [1.54, 1.807) is 7.11 Å². The monoisotopic (exact) mass is 532 g/mol. The minimum Gasteiger partial charge on any atom is -0.457 e. The highest BCUT2D eigenvalue weighted by Crippen LogP contribution is 2.43. The zero-order valence-corrected chi connectivity index (χ0v) is 27.6. The minimum atomic E-state index is -2.25. The molecule has 208 valence electrons. The number of carbonyl (C=O) groups excluding carboxylic acids is 1. The molecule has 0 amide bonds. The molecule has 0 aromatic carbocycles. The molecule has 0 N–H and O–H groups in total. The van der Waals surface area contributed by atoms with Gasteiger partial charge >= 0.3 is 5.97 Å². The maximum absolute atomic E-state index is 13.1. The molecule has 0 spiro atoms. The fourth-order valence-corrected chi connectivity index (χ4v) is 5.96. The molecular weight excluding hydrogens is 476 g/mol. The van der Waals surface area contributed by atoms with Crippen molar-refractivity contribution in [2.24, 2.45) is 11.3 Å². The SMILES string of the molecule is COC1OC(C)C(OC(=O)C[C@@H](C)C(C)(C)C)C(O[Si](C)(C)C(C)(C)C)C1O[Si](C)(C)C(C)(C)C. The Balaban J connectivity index is 3.45. The molecule has 1 heterocycles. The number of rotatable bonds is 8. The molecule has 0 aromatic heterocycles. The first-order chi connectivity index (χ1) is 15.4. The van der Waals surface area contributed by atoms with Crippen LogP contribution in [0.1, 0.15) is 82.6 Å². The first kappa shape index (κ1) is 32.8. The molecule has 1 saturated heterocycles. The Bertz CT molecular complexity index is 702. The maximum Gasteiger partial charge on any atom is 0.306 e. The predicted molar refractivity (Wildman–Crippen MR) is 149 cm³/mol. The maximum atomic E-state index is 13.1. The van der Waals surface area contributed by atoms with E-state index in [2.05, 4.69) is 95.4 Å². The average Bonchev–Trinajstić information content (AvgIpc) is 2.63. The van der Waals surface area contributed by atoms with Gasteiger partial charge in [-0.25, -0.2) is 0 Å². The van der Waals surface area contributed by atoms with E-state index in [0.29, 0.717) is 6.42 Å². The molecule has 6 nitrogen and oxygen atoms in total. The minimum absolute atomic E-state index is 0.00973. The predicted octanol–water partition coefficient (Wildman–Crippen LogP) is 7.14. The van der Waals surface area contributed by atoms with Gasteiger partial charge in [-0.15, -0.1) is 0 Å². The van der Waals surface area contributed by atoms with E-state index in [1.165, 1.54) is 0 Å². The highest BCUT2D eigenvalue weighted by atomic mass is 28.4. The van der Waals surface area contributed by atoms with Gasteiger partial charge in [0.15, 0.2) is 29.0 Å². The van der Waals surface area contributed by atoms with Crippen LogP contribution in [0.4, 0.5) is 0 Å². The fraction of sp³-hybridized carbons (Fsp3) is 0.963. The summed E-state index contributed by atoms with van der Waals surface area (Å²) in [6.07, 6.45) is -2.19. The Morgan fingerprint density at radius 1 is 0.829 bits per heavy atom. The lowest BCUT2D eigenvalue weighted by Crippen LogP contribution is -2.65. The zero-order chi connectivity index (χ0) is 27.8. The van der Waals surface area contributed by atoms with Gasteiger partial charge in [-0.2, -0.15) is 0 Å². The van der Waals surface area contributed by atoms with Gasteiger partial charge < -0.3 is 23.1 Å². The van der Waals surface area contributed by atoms with E-state index < -0.39 is 41.2 Å². The summed E-state index contributed by atoms with van der Waals surface area (Å²) in [4.78, 5) is 13.1. The van der Waals surface area contributed by atoms with Gasteiger partial charge in [0.1, 0.15) is 12.2 Å². The van der Waals surface area contributed by atoms with E-state index >= 15 is 0 Å². The Kier molecular flexibility index (Phi) is 10.5. The third-order valence-corrected chi connectivity index (χ3v) is 17.6. The van der Waals surface area contributed by atoms with Gasteiger partial charge in [0.25, 0.3) is 0 Å². The summed E-state index contributed by atoms with van der Waals surface area (Å²) in [5.74, 6) is -0.0424. The van der Waals surface area contributed by atoms with Crippen molar-refractivity contribution < 1.29 is 27.9 Å². The van der Waals surface area contributed by atoms with Gasteiger partial charge in [-0.1, -0.05) is 69.2 Å². The van der Waals surface area contributed by atoms with Crippen LogP contribution in [0.3, 0.4) is 0 Å². The third kappa shape index (κ3) is 8.37. The summed E-state index contributed by atoms with van der Waals surface area (Å²) in [5.41, 5.74) is 0.0138. The molecule has 0 radical (unpaired) electrons. The molecule has 0 aromatic rings. The first-order valence-corrected chi connectivity index (χ1v) is 19.0. The number of hydrogen-bond acceptors (Lipinski definition) is 6. The first-order valence-electron chi connectivity index (χ1n) is 13.2. The molecule has 0 aliphatic carbocycles. The van der Waals surface area contributed by atoms with Crippen LogP contribution in [0.25, 0.3) is 0 Å². The molecule has 1 rings (SSSR count). The molecule has 1 aliphatic rings. The third-order valence-electron chi connectivity index (χ3n) is 8.65. The summed E-state index contributed by atoms with van der Waals surface area (Å²) in [6, 6.07) is 0. The molecular formula is C27H56O6Si2. The fourth-order valence-electron chi connectivity index (χ4n) is 3.37. The van der Waals surface area contributed by atoms with Crippen molar-refractivity contribution in [3.05, 3.63) is 0 Å². The van der Waals surface area contributed by atoms with Crippen molar-refractivity contribution in [3.63, 3.8) is 0 Å². The van der Waals surface area contributed by atoms with Crippen LogP contribution < -0.4 is 0 Å². The summed E-state index contributed by atoms with van der Waals surface area (Å²) in [7, 11) is -2.83. The van der Waals surface area contributed by atoms with Crippen molar-refractivity contribution in [2.45, 2.75) is 150 Å². The Morgan fingerprint density at radius 3 is 1.63 bits per heavy atom. The second-order valence-corrected chi connectivity index (χ2v) is 24.1. The number of esters is 1. The van der Waals surface area contributed by atoms with Crippen molar-refractivity contribution in [1.29, 1.82) is 0 Å². The Hall–Kier alpha value is -0.256. The lowest BCUT2D eigenvalue weighted by atomic mass is 9.80. The van der Waals surface area contributed by atoms with Gasteiger partial charge in [0.05, 0.1) is 6.10 Å². The van der Waals surface area contributed by atoms with E-state index in [4.69, 9.17) is 23.1 Å². The van der Waals surface area contributed by atoms with Gasteiger partial charge in [0.2, 0.25) is 0 Å². The molecule has 0 saturated carbocycles. The number of ether oxygens (including phenoxy) is 3. The number of carbonyl (C=O) groups is 1. The second kappa shape index (κ2) is 11.2. The van der Waals surface area contributed by atoms with E-state index in [0.717, 1.165) is 0 Å². The molecule has 8 heteroatoms. The summed E-state index contributed by atoms with van der Waals surface area (Å²) < 4.78 is 32.1. The van der Waals surface area contributed by atoms with E-state index in [-0.39, 0.29) is 33.5 Å². The lowest BCUT2D eigenvalue weighted by Gasteiger charge is -2.51. The molecule has 6 atom stereocenters. The van der Waals surface area contributed by atoms with Gasteiger partial charge in [-0.05, 0) is 54.5 Å². The molecule has 0 bridgehead atoms. The summed E-state index contributed by atoms with van der Waals surface area (Å²) >= 11 is 0. The van der Waals surface area contributed by atoms with Crippen LogP contribution >= 0.6 is 0 Å². The molecule has 5 unspecified atom stereocenters. The topological polar surface area (TPSA) is 63.2 Å². The zero-order valence-electron chi connectivity index (χ0n) is 25.6. The smallest absolute Gasteiger partial charge is 0.306 e. The van der Waals surface area contributed by atoms with Gasteiger partial charge in [-0.3, -0.25) is 4.79 Å². The Morgan fingerprint density at radius 2 is 1.26 bits per heavy atom. The van der Waals surface area contributed by atoms with Crippen molar-refractivity contribution >= 4 is 22.6 Å². The molecule has 1 aliphatic heterocycles. The van der Waals surface area contributed by atoms with Crippen LogP contribution in [-0.2, 0) is 27.9 Å². The van der Waals surface area contributed by atoms with E-state index in [1.807, 2.05) is 6.92 Å². The summed E-state index contributed by atoms with van der Waals surface area (Å²) in [5, 5.41) is -0.0296. The van der Waals surface area contributed by atoms with Crippen molar-refractivity contribution in [2.75, 3.05) is 7.11 Å². The highest BCUT2D eigenvalue weighted by molar-refractivity contribution is 6.74. The largest absolute Gasteiger partial charge is 0.457 e. The van der Waals surface area contributed by atoms with Crippen LogP contribution in [0, 0.1) is 11.3 Å². The van der Waals surface area contributed by atoms with Crippen LogP contribution in [0.5, 0.6) is 0 Å². The molecule has 35 heavy (non-hydrogen) atoms. The number of methoxy groups -OCH3 is 1. The quantitative estimate of drug-likeness (QED) is 0.244. The molecule has 1 fully saturated rings. The van der Waals surface area contributed by atoms with Crippen molar-refractivity contribution in [1.82, 2.24) is 0 Å². The second-order valence-electron chi connectivity index (χ2n) is 14.6. The van der Waals surface area contributed by atoms with Crippen LogP contribution in [-0.4, -0.2) is 60.4 Å². The van der Waals surface area contributed by atoms with Crippen LogP contribution in [0.15, 0.2) is 0 Å². The lowest BCUT2D eigenvalue weighted by molar-refractivity contribution is -0.283. The normalized spacial score (nSPS) is 28.1. The van der Waals surface area contributed by atoms with Crippen LogP contribution in [0.2, 0.25) is 36.3 Å². The van der Waals surface area contributed by atoms with E-state index in [9.17, 15) is 4.79 Å². The van der Waals surface area contributed by atoms with Gasteiger partial charge in [0, 0.05) is 13.5 Å². The average molecular weight is 533 g/mol. The standard InChI is InChI=1S/C27H56O6Si2/c1-18(25(3,4)5)17-20(28)31-21-19(2)30-24(29-12)23(33-35(15,16)27(9,10)11)22(21)32-34(13,14)26(6,7)8/h18-19,21-24H,17H2,1-16H3/t18-,19?,21?,22?,23?,24?/m1/s1. The van der Waals surface area contributed by atoms with Crippen molar-refractivity contribution in [3.8, 4) is 0 Å².